The number of hydrogen-bond donors (Lipinski definition) is 1. The average molecular weight is 292 g/mol. The lowest BCUT2D eigenvalue weighted by atomic mass is 10.1. The van der Waals surface area contributed by atoms with Gasteiger partial charge in [0.2, 0.25) is 5.91 Å². The van der Waals surface area contributed by atoms with Gasteiger partial charge in [-0.2, -0.15) is 5.10 Å². The molecule has 106 valence electrons. The van der Waals surface area contributed by atoms with E-state index in [1.807, 2.05) is 51.1 Å². The number of nitrogens with one attached hydrogen (secondary N) is 1. The molecule has 0 radical (unpaired) electrons. The Hall–Kier alpha value is -1.81. The van der Waals surface area contributed by atoms with E-state index in [1.54, 1.807) is 4.68 Å². The van der Waals surface area contributed by atoms with E-state index in [4.69, 9.17) is 11.6 Å². The van der Waals surface area contributed by atoms with Crippen molar-refractivity contribution in [2.24, 2.45) is 0 Å². The van der Waals surface area contributed by atoms with E-state index in [0.717, 1.165) is 17.0 Å². The number of benzene rings is 1. The van der Waals surface area contributed by atoms with Crippen molar-refractivity contribution in [2.75, 3.05) is 0 Å². The molecule has 1 aromatic carbocycles. The molecule has 0 saturated carbocycles. The fourth-order valence-electron chi connectivity index (χ4n) is 2.08. The molecular weight excluding hydrogens is 274 g/mol. The molecule has 1 amide bonds. The summed E-state index contributed by atoms with van der Waals surface area (Å²) in [6, 6.07) is 9.82. The van der Waals surface area contributed by atoms with E-state index in [1.165, 1.54) is 0 Å². The van der Waals surface area contributed by atoms with E-state index in [2.05, 4.69) is 10.4 Å². The smallest absolute Gasteiger partial charge is 0.242 e. The van der Waals surface area contributed by atoms with Gasteiger partial charge in [0, 0.05) is 0 Å². The summed E-state index contributed by atoms with van der Waals surface area (Å²) in [5, 5.41) is 7.83. The van der Waals surface area contributed by atoms with Crippen LogP contribution in [0.3, 0.4) is 0 Å². The number of carbonyl (C=O) groups excluding carboxylic acids is 1. The van der Waals surface area contributed by atoms with Crippen molar-refractivity contribution in [1.82, 2.24) is 15.1 Å². The third-order valence-electron chi connectivity index (χ3n) is 3.26. The Bertz CT molecular complexity index is 607. The Labute approximate surface area is 123 Å². The zero-order valence-electron chi connectivity index (χ0n) is 11.9. The van der Waals surface area contributed by atoms with Gasteiger partial charge in [0.15, 0.2) is 0 Å². The zero-order valence-corrected chi connectivity index (χ0v) is 12.6. The van der Waals surface area contributed by atoms with Crippen LogP contribution in [0.25, 0.3) is 0 Å². The van der Waals surface area contributed by atoms with Gasteiger partial charge in [0.1, 0.15) is 6.54 Å². The lowest BCUT2D eigenvalue weighted by Gasteiger charge is -2.14. The van der Waals surface area contributed by atoms with E-state index >= 15 is 0 Å². The lowest BCUT2D eigenvalue weighted by Crippen LogP contribution is -2.30. The highest BCUT2D eigenvalue weighted by atomic mass is 35.5. The van der Waals surface area contributed by atoms with Gasteiger partial charge in [-0.05, 0) is 26.3 Å². The summed E-state index contributed by atoms with van der Waals surface area (Å²) in [7, 11) is 0. The van der Waals surface area contributed by atoms with E-state index in [9.17, 15) is 4.79 Å². The van der Waals surface area contributed by atoms with Crippen LogP contribution in [-0.4, -0.2) is 15.7 Å². The van der Waals surface area contributed by atoms with Crippen LogP contribution < -0.4 is 5.32 Å². The Morgan fingerprint density at radius 2 is 2.00 bits per heavy atom. The Kier molecular flexibility index (Phi) is 4.45. The van der Waals surface area contributed by atoms with Gasteiger partial charge in [-0.15, -0.1) is 0 Å². The summed E-state index contributed by atoms with van der Waals surface area (Å²) < 4.78 is 1.63. The molecule has 20 heavy (non-hydrogen) atoms. The first-order valence-electron chi connectivity index (χ1n) is 6.53. The fraction of sp³-hybridized carbons (Fsp3) is 0.333. The first-order chi connectivity index (χ1) is 9.49. The first kappa shape index (κ1) is 14.6. The van der Waals surface area contributed by atoms with Gasteiger partial charge in [-0.3, -0.25) is 9.48 Å². The predicted molar refractivity (Wildman–Crippen MR) is 79.7 cm³/mol. The molecule has 4 nitrogen and oxygen atoms in total. The molecule has 1 aromatic heterocycles. The van der Waals surface area contributed by atoms with Crippen molar-refractivity contribution in [2.45, 2.75) is 33.4 Å². The molecule has 0 saturated heterocycles. The van der Waals surface area contributed by atoms with Gasteiger partial charge >= 0.3 is 0 Å². The summed E-state index contributed by atoms with van der Waals surface area (Å²) in [6.07, 6.45) is 0. The normalized spacial score (nSPS) is 12.2. The number of amides is 1. The number of rotatable bonds is 4. The number of hydrogen-bond acceptors (Lipinski definition) is 2. The van der Waals surface area contributed by atoms with E-state index in [0.29, 0.717) is 5.02 Å². The standard InChI is InChI=1S/C15H18ClN3O/c1-10(13-7-5-4-6-8-13)17-14(20)9-19-12(3)15(16)11(2)18-19/h4-8,10H,9H2,1-3H3,(H,17,20)/t10-/m0/s1. The maximum Gasteiger partial charge on any atom is 0.242 e. The van der Waals surface area contributed by atoms with Crippen LogP contribution in [0.4, 0.5) is 0 Å². The topological polar surface area (TPSA) is 46.9 Å². The Balaban J connectivity index is 2.01. The minimum atomic E-state index is -0.0800. The van der Waals surface area contributed by atoms with Crippen molar-refractivity contribution >= 4 is 17.5 Å². The highest BCUT2D eigenvalue weighted by molar-refractivity contribution is 6.31. The quantitative estimate of drug-likeness (QED) is 0.941. The maximum atomic E-state index is 12.1. The van der Waals surface area contributed by atoms with Crippen LogP contribution in [0.2, 0.25) is 5.02 Å². The van der Waals surface area contributed by atoms with Gasteiger partial charge < -0.3 is 5.32 Å². The molecule has 0 aliphatic rings. The van der Waals surface area contributed by atoms with Crippen molar-refractivity contribution in [1.29, 1.82) is 0 Å². The molecule has 0 aliphatic carbocycles. The second kappa shape index (κ2) is 6.09. The minimum absolute atomic E-state index is 0.0314. The number of carbonyl (C=O) groups is 1. The maximum absolute atomic E-state index is 12.1. The molecule has 1 atom stereocenters. The second-order valence-corrected chi connectivity index (χ2v) is 5.22. The van der Waals surface area contributed by atoms with Crippen molar-refractivity contribution in [3.05, 3.63) is 52.3 Å². The Morgan fingerprint density at radius 1 is 1.35 bits per heavy atom. The van der Waals surface area contributed by atoms with Crippen molar-refractivity contribution in [3.63, 3.8) is 0 Å². The molecule has 2 aromatic rings. The van der Waals surface area contributed by atoms with Crippen LogP contribution in [0.1, 0.15) is 29.9 Å². The van der Waals surface area contributed by atoms with Crippen LogP contribution in [0, 0.1) is 13.8 Å². The highest BCUT2D eigenvalue weighted by Gasteiger charge is 2.14. The molecular formula is C15H18ClN3O. The van der Waals surface area contributed by atoms with Gasteiger partial charge in [0.05, 0.1) is 22.5 Å². The summed E-state index contributed by atoms with van der Waals surface area (Å²) in [5.74, 6) is -0.0800. The monoisotopic (exact) mass is 291 g/mol. The molecule has 0 aliphatic heterocycles. The predicted octanol–water partition coefficient (Wildman–Crippen LogP) is 3.03. The van der Waals surface area contributed by atoms with Crippen LogP contribution in [0.15, 0.2) is 30.3 Å². The number of halogens is 1. The third-order valence-corrected chi connectivity index (χ3v) is 3.81. The number of aryl methyl sites for hydroxylation is 1. The highest BCUT2D eigenvalue weighted by Crippen LogP contribution is 2.18. The molecule has 0 bridgehead atoms. The lowest BCUT2D eigenvalue weighted by molar-refractivity contribution is -0.122. The first-order valence-corrected chi connectivity index (χ1v) is 6.90. The molecule has 1 heterocycles. The van der Waals surface area contributed by atoms with Gasteiger partial charge in [0.25, 0.3) is 0 Å². The second-order valence-electron chi connectivity index (χ2n) is 4.84. The SMILES string of the molecule is Cc1nn(CC(=O)N[C@@H](C)c2ccccc2)c(C)c1Cl. The zero-order chi connectivity index (χ0) is 14.7. The number of aromatic nitrogens is 2. The molecule has 0 spiro atoms. The average Bonchev–Trinajstić information content (AvgIpc) is 2.67. The van der Waals surface area contributed by atoms with Crippen molar-refractivity contribution < 1.29 is 4.79 Å². The molecule has 1 N–H and O–H groups in total. The van der Waals surface area contributed by atoms with Crippen molar-refractivity contribution in [3.8, 4) is 0 Å². The molecule has 5 heteroatoms. The van der Waals surface area contributed by atoms with Gasteiger partial charge in [-0.25, -0.2) is 0 Å². The van der Waals surface area contributed by atoms with Crippen LogP contribution in [-0.2, 0) is 11.3 Å². The van der Waals surface area contributed by atoms with Crippen LogP contribution in [0.5, 0.6) is 0 Å². The fourth-order valence-corrected chi connectivity index (χ4v) is 2.21. The summed E-state index contributed by atoms with van der Waals surface area (Å²) in [6.45, 7) is 5.82. The molecule has 0 fully saturated rings. The minimum Gasteiger partial charge on any atom is -0.348 e. The van der Waals surface area contributed by atoms with Gasteiger partial charge in [-0.1, -0.05) is 41.9 Å². The number of nitrogens with zero attached hydrogens (tertiary/aromatic N) is 2. The van der Waals surface area contributed by atoms with E-state index < -0.39 is 0 Å². The molecule has 2 rings (SSSR count). The Morgan fingerprint density at radius 3 is 2.55 bits per heavy atom. The summed E-state index contributed by atoms with van der Waals surface area (Å²) in [4.78, 5) is 12.1. The van der Waals surface area contributed by atoms with Crippen LogP contribution >= 0.6 is 11.6 Å². The molecule has 0 unspecified atom stereocenters. The summed E-state index contributed by atoms with van der Waals surface area (Å²) >= 11 is 6.07. The summed E-state index contributed by atoms with van der Waals surface area (Å²) in [5.41, 5.74) is 2.63. The third kappa shape index (κ3) is 3.20. The largest absolute Gasteiger partial charge is 0.348 e. The van der Waals surface area contributed by atoms with E-state index in [-0.39, 0.29) is 18.5 Å².